The quantitative estimate of drug-likeness (QED) is 0.853. The lowest BCUT2D eigenvalue weighted by atomic mass is 9.87. The van der Waals surface area contributed by atoms with Gasteiger partial charge in [-0.1, -0.05) is 30.3 Å². The fraction of sp³-hybridized carbons (Fsp3) is 0.444. The highest BCUT2D eigenvalue weighted by molar-refractivity contribution is 5.72. The van der Waals surface area contributed by atoms with Gasteiger partial charge in [-0.25, -0.2) is 9.78 Å². The second-order valence-electron chi connectivity index (χ2n) is 6.58. The fourth-order valence-corrected chi connectivity index (χ4v) is 3.09. The molecule has 1 aliphatic heterocycles. The van der Waals surface area contributed by atoms with Crippen LogP contribution in [0.25, 0.3) is 0 Å². The first kappa shape index (κ1) is 16.5. The smallest absolute Gasteiger partial charge is 0.412 e. The molecule has 128 valence electrons. The molecule has 0 unspecified atom stereocenters. The SMILES string of the molecule is C[C@]1(O)N(CCc2cnc[nH]2)C(=O)O[C@@]1(C)CCc1ccccc1. The predicted octanol–water partition coefficient (Wildman–Crippen LogP) is 2.50. The highest BCUT2D eigenvalue weighted by Crippen LogP contribution is 2.40. The molecule has 1 saturated heterocycles. The number of cyclic esters (lactones) is 1. The van der Waals surface area contributed by atoms with E-state index in [1.165, 1.54) is 4.90 Å². The van der Waals surface area contributed by atoms with Crippen LogP contribution in [0.3, 0.4) is 0 Å². The summed E-state index contributed by atoms with van der Waals surface area (Å²) in [6.07, 6.45) is 4.70. The maximum atomic E-state index is 12.3. The van der Waals surface area contributed by atoms with Gasteiger partial charge in [0.25, 0.3) is 0 Å². The molecule has 0 bridgehead atoms. The zero-order chi connectivity index (χ0) is 17.2. The first-order valence-corrected chi connectivity index (χ1v) is 8.16. The number of rotatable bonds is 6. The number of aliphatic hydroxyl groups is 1. The number of aromatic nitrogens is 2. The molecule has 0 radical (unpaired) electrons. The first-order chi connectivity index (χ1) is 11.4. The molecule has 2 heterocycles. The number of nitrogens with zero attached hydrogens (tertiary/aromatic N) is 2. The molecular weight excluding hydrogens is 306 g/mol. The van der Waals surface area contributed by atoms with Gasteiger partial charge in [0.15, 0.2) is 11.3 Å². The number of nitrogens with one attached hydrogen (secondary N) is 1. The topological polar surface area (TPSA) is 78.5 Å². The van der Waals surface area contributed by atoms with Gasteiger partial charge in [0.1, 0.15) is 0 Å². The number of aromatic amines is 1. The van der Waals surface area contributed by atoms with E-state index in [0.717, 1.165) is 17.7 Å². The van der Waals surface area contributed by atoms with Crippen molar-refractivity contribution < 1.29 is 14.6 Å². The lowest BCUT2D eigenvalue weighted by Crippen LogP contribution is -2.55. The van der Waals surface area contributed by atoms with E-state index >= 15 is 0 Å². The Bertz CT molecular complexity index is 685. The third kappa shape index (κ3) is 3.01. The summed E-state index contributed by atoms with van der Waals surface area (Å²) in [6.45, 7) is 3.81. The largest absolute Gasteiger partial charge is 0.438 e. The second-order valence-corrected chi connectivity index (χ2v) is 6.58. The molecule has 2 atom stereocenters. The number of amides is 1. The summed E-state index contributed by atoms with van der Waals surface area (Å²) in [6, 6.07) is 9.99. The maximum Gasteiger partial charge on any atom is 0.412 e. The molecule has 1 aromatic carbocycles. The average molecular weight is 329 g/mol. The number of benzene rings is 1. The zero-order valence-electron chi connectivity index (χ0n) is 14.0. The van der Waals surface area contributed by atoms with Gasteiger partial charge in [-0.05, 0) is 32.3 Å². The van der Waals surface area contributed by atoms with E-state index in [2.05, 4.69) is 9.97 Å². The van der Waals surface area contributed by atoms with Crippen LogP contribution in [0.2, 0.25) is 0 Å². The van der Waals surface area contributed by atoms with Gasteiger partial charge in [0, 0.05) is 24.9 Å². The summed E-state index contributed by atoms with van der Waals surface area (Å²) in [7, 11) is 0. The van der Waals surface area contributed by atoms with Crippen molar-refractivity contribution in [3.8, 4) is 0 Å². The molecule has 1 amide bonds. The highest BCUT2D eigenvalue weighted by Gasteiger charge is 2.58. The molecule has 6 nitrogen and oxygen atoms in total. The summed E-state index contributed by atoms with van der Waals surface area (Å²) in [5.74, 6) is 0. The van der Waals surface area contributed by atoms with Gasteiger partial charge in [0.05, 0.1) is 6.33 Å². The molecule has 0 spiro atoms. The normalized spacial score (nSPS) is 26.6. The molecule has 3 rings (SSSR count). The summed E-state index contributed by atoms with van der Waals surface area (Å²) < 4.78 is 5.58. The van der Waals surface area contributed by atoms with Crippen molar-refractivity contribution in [2.75, 3.05) is 6.54 Å². The van der Waals surface area contributed by atoms with Crippen LogP contribution in [0.15, 0.2) is 42.9 Å². The Labute approximate surface area is 141 Å². The number of aryl methyl sites for hydroxylation is 1. The Hall–Kier alpha value is -2.34. The lowest BCUT2D eigenvalue weighted by Gasteiger charge is -2.37. The highest BCUT2D eigenvalue weighted by atomic mass is 16.6. The fourth-order valence-electron chi connectivity index (χ4n) is 3.09. The minimum absolute atomic E-state index is 0.370. The number of carbonyl (C=O) groups excluding carboxylic acids is 1. The van der Waals surface area contributed by atoms with Crippen molar-refractivity contribution in [2.45, 2.75) is 44.4 Å². The van der Waals surface area contributed by atoms with E-state index in [9.17, 15) is 9.90 Å². The summed E-state index contributed by atoms with van der Waals surface area (Å²) in [4.78, 5) is 20.7. The van der Waals surface area contributed by atoms with E-state index < -0.39 is 17.4 Å². The third-order valence-corrected chi connectivity index (χ3v) is 4.95. The lowest BCUT2D eigenvalue weighted by molar-refractivity contribution is -0.138. The minimum Gasteiger partial charge on any atom is -0.438 e. The van der Waals surface area contributed by atoms with Crippen LogP contribution in [0.5, 0.6) is 0 Å². The van der Waals surface area contributed by atoms with E-state index in [1.54, 1.807) is 26.4 Å². The molecule has 2 N–H and O–H groups in total. The number of H-pyrrole nitrogens is 1. The molecule has 1 aliphatic rings. The molecule has 0 aliphatic carbocycles. The van der Waals surface area contributed by atoms with Crippen LogP contribution < -0.4 is 0 Å². The van der Waals surface area contributed by atoms with Crippen LogP contribution in [0.4, 0.5) is 4.79 Å². The van der Waals surface area contributed by atoms with Crippen molar-refractivity contribution in [3.05, 3.63) is 54.1 Å². The zero-order valence-corrected chi connectivity index (χ0v) is 14.0. The van der Waals surface area contributed by atoms with Gasteiger partial charge < -0.3 is 14.8 Å². The Morgan fingerprint density at radius 1 is 1.25 bits per heavy atom. The first-order valence-electron chi connectivity index (χ1n) is 8.16. The Balaban J connectivity index is 1.68. The molecular formula is C18H23N3O3. The van der Waals surface area contributed by atoms with Gasteiger partial charge in [0.2, 0.25) is 0 Å². The maximum absolute atomic E-state index is 12.3. The summed E-state index contributed by atoms with van der Waals surface area (Å²) in [5.41, 5.74) is -0.245. The number of ether oxygens (including phenoxy) is 1. The van der Waals surface area contributed by atoms with E-state index in [1.807, 2.05) is 30.3 Å². The number of carbonyl (C=O) groups is 1. The monoisotopic (exact) mass is 329 g/mol. The van der Waals surface area contributed by atoms with Gasteiger partial charge in [-0.15, -0.1) is 0 Å². The Kier molecular flexibility index (Phi) is 4.32. The van der Waals surface area contributed by atoms with Crippen molar-refractivity contribution in [3.63, 3.8) is 0 Å². The predicted molar refractivity (Wildman–Crippen MR) is 89.3 cm³/mol. The van der Waals surface area contributed by atoms with E-state index in [0.29, 0.717) is 19.4 Å². The molecule has 24 heavy (non-hydrogen) atoms. The Morgan fingerprint density at radius 3 is 2.67 bits per heavy atom. The number of hydrogen-bond donors (Lipinski definition) is 2. The third-order valence-electron chi connectivity index (χ3n) is 4.95. The second kappa shape index (κ2) is 6.28. The molecule has 2 aromatic rings. The van der Waals surface area contributed by atoms with Crippen molar-refractivity contribution in [2.24, 2.45) is 0 Å². The Morgan fingerprint density at radius 2 is 2.00 bits per heavy atom. The van der Waals surface area contributed by atoms with E-state index in [-0.39, 0.29) is 0 Å². The van der Waals surface area contributed by atoms with Gasteiger partial charge in [-0.3, -0.25) is 4.90 Å². The van der Waals surface area contributed by atoms with Gasteiger partial charge >= 0.3 is 6.09 Å². The summed E-state index contributed by atoms with van der Waals surface area (Å²) in [5, 5.41) is 11.0. The van der Waals surface area contributed by atoms with E-state index in [4.69, 9.17) is 4.74 Å². The van der Waals surface area contributed by atoms with Crippen LogP contribution in [-0.2, 0) is 17.6 Å². The van der Waals surface area contributed by atoms with Crippen LogP contribution in [0, 0.1) is 0 Å². The number of imidazole rings is 1. The molecule has 1 fully saturated rings. The molecule has 6 heteroatoms. The van der Waals surface area contributed by atoms with Crippen molar-refractivity contribution in [1.82, 2.24) is 14.9 Å². The van der Waals surface area contributed by atoms with Crippen LogP contribution in [0.1, 0.15) is 31.5 Å². The molecule has 1 aromatic heterocycles. The minimum atomic E-state index is -1.36. The van der Waals surface area contributed by atoms with Gasteiger partial charge in [-0.2, -0.15) is 0 Å². The standard InChI is InChI=1S/C18H23N3O3/c1-17(10-8-14-6-4-3-5-7-14)18(2,23)21(16(22)24-17)11-9-15-12-19-13-20-15/h3-7,12-13,23H,8-11H2,1-2H3,(H,19,20)/t17-,18+/m0/s1. The average Bonchev–Trinajstić information content (AvgIpc) is 3.12. The van der Waals surface area contributed by atoms with Crippen LogP contribution in [-0.4, -0.2) is 43.9 Å². The summed E-state index contributed by atoms with van der Waals surface area (Å²) >= 11 is 0. The number of hydrogen-bond acceptors (Lipinski definition) is 4. The van der Waals surface area contributed by atoms with Crippen LogP contribution >= 0.6 is 0 Å². The van der Waals surface area contributed by atoms with Crippen molar-refractivity contribution >= 4 is 6.09 Å². The van der Waals surface area contributed by atoms with Crippen molar-refractivity contribution in [1.29, 1.82) is 0 Å². The molecule has 0 saturated carbocycles.